The summed E-state index contributed by atoms with van der Waals surface area (Å²) in [4.78, 5) is 24.7. The molecular formula is C17H14BrN5O. The first-order valence-electron chi connectivity index (χ1n) is 7.23. The molecule has 3 aromatic rings. The van der Waals surface area contributed by atoms with Crippen molar-refractivity contribution in [2.24, 2.45) is 0 Å². The van der Waals surface area contributed by atoms with Crippen LogP contribution in [0.4, 0.5) is 11.5 Å². The minimum atomic E-state index is -0.295. The molecule has 3 rings (SSSR count). The Morgan fingerprint density at radius 3 is 2.75 bits per heavy atom. The van der Waals surface area contributed by atoms with Crippen molar-refractivity contribution in [1.29, 1.82) is 0 Å². The molecular weight excluding hydrogens is 370 g/mol. The maximum Gasteiger partial charge on any atom is 0.274 e. The molecule has 0 aliphatic rings. The van der Waals surface area contributed by atoms with Crippen LogP contribution in [0.5, 0.6) is 0 Å². The van der Waals surface area contributed by atoms with Gasteiger partial charge >= 0.3 is 0 Å². The van der Waals surface area contributed by atoms with Gasteiger partial charge in [-0.3, -0.25) is 9.78 Å². The van der Waals surface area contributed by atoms with E-state index in [0.717, 1.165) is 10.2 Å². The number of carbonyl (C=O) groups excluding carboxylic acids is 1. The fourth-order valence-electron chi connectivity index (χ4n) is 2.02. The van der Waals surface area contributed by atoms with Crippen LogP contribution in [0.1, 0.15) is 16.2 Å². The number of aromatic nitrogens is 3. The zero-order valence-corrected chi connectivity index (χ0v) is 14.2. The number of nitrogens with zero attached hydrogens (tertiary/aromatic N) is 3. The van der Waals surface area contributed by atoms with Crippen LogP contribution < -0.4 is 10.6 Å². The summed E-state index contributed by atoms with van der Waals surface area (Å²) in [5, 5.41) is 5.93. The van der Waals surface area contributed by atoms with E-state index in [2.05, 4.69) is 41.5 Å². The Morgan fingerprint density at radius 2 is 1.96 bits per heavy atom. The molecule has 0 spiro atoms. The Labute approximate surface area is 147 Å². The molecule has 0 fully saturated rings. The van der Waals surface area contributed by atoms with Crippen LogP contribution in [-0.4, -0.2) is 20.9 Å². The third kappa shape index (κ3) is 4.36. The summed E-state index contributed by atoms with van der Waals surface area (Å²) in [5.74, 6) is 0.270. The smallest absolute Gasteiger partial charge is 0.274 e. The molecule has 0 saturated carbocycles. The van der Waals surface area contributed by atoms with Crippen molar-refractivity contribution in [3.8, 4) is 0 Å². The normalized spacial score (nSPS) is 10.2. The number of benzene rings is 1. The Morgan fingerprint density at radius 1 is 1.04 bits per heavy atom. The lowest BCUT2D eigenvalue weighted by Crippen LogP contribution is -2.14. The summed E-state index contributed by atoms with van der Waals surface area (Å²) in [6, 6.07) is 14.7. The molecule has 2 N–H and O–H groups in total. The van der Waals surface area contributed by atoms with Crippen molar-refractivity contribution in [3.63, 3.8) is 0 Å². The van der Waals surface area contributed by atoms with Crippen LogP contribution in [0.3, 0.4) is 0 Å². The van der Waals surface area contributed by atoms with Crippen molar-refractivity contribution in [2.45, 2.75) is 6.54 Å². The molecule has 1 aromatic carbocycles. The van der Waals surface area contributed by atoms with E-state index < -0.39 is 0 Å². The van der Waals surface area contributed by atoms with Crippen LogP contribution in [0.15, 0.2) is 65.5 Å². The highest BCUT2D eigenvalue weighted by Gasteiger charge is 2.09. The first kappa shape index (κ1) is 16.1. The minimum absolute atomic E-state index is 0.286. The molecule has 0 unspecified atom stereocenters. The third-order valence-corrected chi connectivity index (χ3v) is 3.65. The van der Waals surface area contributed by atoms with Gasteiger partial charge in [0.25, 0.3) is 5.91 Å². The molecule has 0 aliphatic heterocycles. The van der Waals surface area contributed by atoms with Crippen LogP contribution in [0.2, 0.25) is 0 Å². The van der Waals surface area contributed by atoms with Gasteiger partial charge < -0.3 is 10.6 Å². The maximum atomic E-state index is 12.3. The number of pyridine rings is 1. The topological polar surface area (TPSA) is 79.8 Å². The van der Waals surface area contributed by atoms with Gasteiger partial charge in [0.15, 0.2) is 0 Å². The van der Waals surface area contributed by atoms with E-state index in [1.807, 2.05) is 42.5 Å². The fraction of sp³-hybridized carbons (Fsp3) is 0.0588. The highest BCUT2D eigenvalue weighted by Crippen LogP contribution is 2.16. The maximum absolute atomic E-state index is 12.3. The average molecular weight is 384 g/mol. The number of halogens is 1. The van der Waals surface area contributed by atoms with E-state index in [4.69, 9.17) is 0 Å². The Balaban J connectivity index is 1.67. The van der Waals surface area contributed by atoms with Gasteiger partial charge in [0.05, 0.1) is 12.2 Å². The zero-order chi connectivity index (χ0) is 16.8. The molecule has 120 valence electrons. The van der Waals surface area contributed by atoms with E-state index in [-0.39, 0.29) is 11.6 Å². The average Bonchev–Trinajstić information content (AvgIpc) is 2.61. The lowest BCUT2D eigenvalue weighted by molar-refractivity contribution is 0.102. The molecule has 0 aliphatic carbocycles. The molecule has 24 heavy (non-hydrogen) atoms. The van der Waals surface area contributed by atoms with Crippen molar-refractivity contribution in [2.75, 3.05) is 10.6 Å². The summed E-state index contributed by atoms with van der Waals surface area (Å²) in [5.41, 5.74) is 1.86. The number of anilines is 2. The van der Waals surface area contributed by atoms with Crippen LogP contribution in [-0.2, 0) is 6.54 Å². The number of nitrogens with one attached hydrogen (secondary N) is 2. The number of rotatable bonds is 5. The number of hydrogen-bond acceptors (Lipinski definition) is 5. The van der Waals surface area contributed by atoms with Crippen molar-refractivity contribution in [3.05, 3.63) is 76.9 Å². The van der Waals surface area contributed by atoms with Crippen molar-refractivity contribution < 1.29 is 4.79 Å². The Hall–Kier alpha value is -2.80. The number of amides is 1. The lowest BCUT2D eigenvalue weighted by atomic mass is 10.3. The summed E-state index contributed by atoms with van der Waals surface area (Å²) in [7, 11) is 0. The molecule has 2 aromatic heterocycles. The minimum Gasteiger partial charge on any atom is -0.364 e. The fourth-order valence-corrected chi connectivity index (χ4v) is 2.42. The van der Waals surface area contributed by atoms with Crippen LogP contribution >= 0.6 is 15.9 Å². The van der Waals surface area contributed by atoms with E-state index in [9.17, 15) is 4.79 Å². The van der Waals surface area contributed by atoms with Crippen LogP contribution in [0.25, 0.3) is 0 Å². The SMILES string of the molecule is O=C(Nc1cccc(Br)c1)c1cc(NCc2ccccn2)ncn1. The van der Waals surface area contributed by atoms with Crippen molar-refractivity contribution >= 4 is 33.3 Å². The second-order valence-electron chi connectivity index (χ2n) is 4.93. The van der Waals surface area contributed by atoms with Crippen LogP contribution in [0, 0.1) is 0 Å². The largest absolute Gasteiger partial charge is 0.364 e. The first-order valence-corrected chi connectivity index (χ1v) is 8.03. The third-order valence-electron chi connectivity index (χ3n) is 3.16. The second-order valence-corrected chi connectivity index (χ2v) is 5.84. The molecule has 0 radical (unpaired) electrons. The Bertz CT molecular complexity index is 841. The predicted molar refractivity (Wildman–Crippen MR) is 95.7 cm³/mol. The molecule has 2 heterocycles. The van der Waals surface area contributed by atoms with E-state index in [1.165, 1.54) is 6.33 Å². The number of hydrogen-bond donors (Lipinski definition) is 2. The van der Waals surface area contributed by atoms with Gasteiger partial charge in [-0.25, -0.2) is 9.97 Å². The molecule has 7 heteroatoms. The van der Waals surface area contributed by atoms with Gasteiger partial charge in [-0.1, -0.05) is 28.1 Å². The predicted octanol–water partition coefficient (Wildman–Crippen LogP) is 3.50. The van der Waals surface area contributed by atoms with E-state index in [0.29, 0.717) is 18.1 Å². The molecule has 0 saturated heterocycles. The van der Waals surface area contributed by atoms with Gasteiger partial charge in [-0.2, -0.15) is 0 Å². The van der Waals surface area contributed by atoms with Gasteiger partial charge in [0.1, 0.15) is 17.8 Å². The van der Waals surface area contributed by atoms with Gasteiger partial charge in [0, 0.05) is 22.4 Å². The highest BCUT2D eigenvalue weighted by atomic mass is 79.9. The van der Waals surface area contributed by atoms with Gasteiger partial charge in [-0.15, -0.1) is 0 Å². The van der Waals surface area contributed by atoms with E-state index >= 15 is 0 Å². The summed E-state index contributed by atoms with van der Waals surface area (Å²) >= 11 is 3.37. The summed E-state index contributed by atoms with van der Waals surface area (Å²) < 4.78 is 0.890. The molecule has 0 atom stereocenters. The standard InChI is InChI=1S/C17H14BrN5O/c18-12-4-3-6-13(8-12)23-17(24)15-9-16(22-11-21-15)20-10-14-5-1-2-7-19-14/h1-9,11H,10H2,(H,23,24)(H,20,21,22). The number of carbonyl (C=O) groups is 1. The highest BCUT2D eigenvalue weighted by molar-refractivity contribution is 9.10. The summed E-state index contributed by atoms with van der Waals surface area (Å²) in [6.07, 6.45) is 3.09. The Kier molecular flexibility index (Phi) is 5.12. The van der Waals surface area contributed by atoms with E-state index in [1.54, 1.807) is 12.3 Å². The molecule has 0 bridgehead atoms. The molecule has 6 nitrogen and oxygen atoms in total. The quantitative estimate of drug-likeness (QED) is 0.704. The summed E-state index contributed by atoms with van der Waals surface area (Å²) in [6.45, 7) is 0.518. The zero-order valence-electron chi connectivity index (χ0n) is 12.6. The van der Waals surface area contributed by atoms with Gasteiger partial charge in [0.2, 0.25) is 0 Å². The lowest BCUT2D eigenvalue weighted by Gasteiger charge is -2.07. The first-order chi connectivity index (χ1) is 11.7. The second kappa shape index (κ2) is 7.65. The molecule has 1 amide bonds. The van der Waals surface area contributed by atoms with Crippen molar-refractivity contribution in [1.82, 2.24) is 15.0 Å². The monoisotopic (exact) mass is 383 g/mol. The van der Waals surface area contributed by atoms with Gasteiger partial charge in [-0.05, 0) is 30.3 Å².